The zero-order chi connectivity index (χ0) is 13.6. The van der Waals surface area contributed by atoms with Gasteiger partial charge in [0.1, 0.15) is 0 Å². The van der Waals surface area contributed by atoms with Crippen molar-refractivity contribution in [2.75, 3.05) is 0 Å². The summed E-state index contributed by atoms with van der Waals surface area (Å²) in [6.45, 7) is 0. The molecule has 0 unspecified atom stereocenters. The van der Waals surface area contributed by atoms with Gasteiger partial charge in [-0.2, -0.15) is 0 Å². The summed E-state index contributed by atoms with van der Waals surface area (Å²) in [7, 11) is 0. The van der Waals surface area contributed by atoms with Gasteiger partial charge in [-0.15, -0.1) is 11.3 Å². The molecular weight excluding hydrogens is 260 g/mol. The first-order valence-electron chi connectivity index (χ1n) is 7.03. The van der Waals surface area contributed by atoms with Crippen LogP contribution in [0.25, 0.3) is 0 Å². The van der Waals surface area contributed by atoms with Crippen LogP contribution in [0.4, 0.5) is 0 Å². The topological polar surface area (TPSA) is 0 Å². The average molecular weight is 278 g/mol. The van der Waals surface area contributed by atoms with Crippen LogP contribution in [0, 0.1) is 0 Å². The van der Waals surface area contributed by atoms with E-state index < -0.39 is 0 Å². The summed E-state index contributed by atoms with van der Waals surface area (Å²) in [6, 6.07) is 26.0. The summed E-state index contributed by atoms with van der Waals surface area (Å²) >= 11 is 1.87. The fourth-order valence-electron chi connectivity index (χ4n) is 2.59. The molecule has 3 aromatic rings. The van der Waals surface area contributed by atoms with Crippen LogP contribution in [-0.2, 0) is 12.8 Å². The summed E-state index contributed by atoms with van der Waals surface area (Å²) in [5, 5.41) is 2.18. The molecule has 0 aliphatic rings. The fraction of sp³-hybridized carbons (Fsp3) is 0.158. The molecule has 1 heteroatoms. The van der Waals surface area contributed by atoms with Crippen LogP contribution in [-0.4, -0.2) is 0 Å². The molecule has 0 amide bonds. The second kappa shape index (κ2) is 6.53. The highest BCUT2D eigenvalue weighted by atomic mass is 32.1. The lowest BCUT2D eigenvalue weighted by atomic mass is 9.91. The standard InChI is InChI=1S/C19H18S/c1-3-8-16(9-4-1)14-18(19-12-7-13-20-19)15-17-10-5-2-6-11-17/h1-13,18H,14-15H2. The number of benzene rings is 2. The molecule has 3 rings (SSSR count). The molecule has 0 radical (unpaired) electrons. The second-order valence-electron chi connectivity index (χ2n) is 5.09. The van der Waals surface area contributed by atoms with Gasteiger partial charge in [-0.25, -0.2) is 0 Å². The van der Waals surface area contributed by atoms with Crippen molar-refractivity contribution >= 4 is 11.3 Å². The van der Waals surface area contributed by atoms with Gasteiger partial charge in [-0.3, -0.25) is 0 Å². The summed E-state index contributed by atoms with van der Waals surface area (Å²) in [4.78, 5) is 1.48. The van der Waals surface area contributed by atoms with E-state index >= 15 is 0 Å². The first-order chi connectivity index (χ1) is 9.92. The predicted octanol–water partition coefficient (Wildman–Crippen LogP) is 5.32. The fourth-order valence-corrected chi connectivity index (χ4v) is 3.42. The third kappa shape index (κ3) is 3.37. The van der Waals surface area contributed by atoms with E-state index in [9.17, 15) is 0 Å². The van der Waals surface area contributed by atoms with Gasteiger partial charge in [-0.05, 0) is 35.4 Å². The van der Waals surface area contributed by atoms with Gasteiger partial charge in [0.2, 0.25) is 0 Å². The molecule has 100 valence electrons. The van der Waals surface area contributed by atoms with Crippen molar-refractivity contribution < 1.29 is 0 Å². The molecule has 0 saturated heterocycles. The average Bonchev–Trinajstić information content (AvgIpc) is 3.03. The molecular formula is C19H18S. The summed E-state index contributed by atoms with van der Waals surface area (Å²) in [5.74, 6) is 0.569. The molecule has 0 saturated carbocycles. The monoisotopic (exact) mass is 278 g/mol. The van der Waals surface area contributed by atoms with Crippen LogP contribution in [0.2, 0.25) is 0 Å². The van der Waals surface area contributed by atoms with Gasteiger partial charge in [0.05, 0.1) is 0 Å². The quantitative estimate of drug-likeness (QED) is 0.592. The predicted molar refractivity (Wildman–Crippen MR) is 87.4 cm³/mol. The van der Waals surface area contributed by atoms with Crippen LogP contribution in [0.5, 0.6) is 0 Å². The lowest BCUT2D eigenvalue weighted by molar-refractivity contribution is 0.692. The summed E-state index contributed by atoms with van der Waals surface area (Å²) in [5.41, 5.74) is 2.84. The zero-order valence-electron chi connectivity index (χ0n) is 11.4. The highest BCUT2D eigenvalue weighted by molar-refractivity contribution is 7.10. The smallest absolute Gasteiger partial charge is 0.00828 e. The van der Waals surface area contributed by atoms with E-state index in [4.69, 9.17) is 0 Å². The van der Waals surface area contributed by atoms with Crippen LogP contribution in [0.15, 0.2) is 78.2 Å². The minimum Gasteiger partial charge on any atom is -0.149 e. The van der Waals surface area contributed by atoms with Gasteiger partial charge in [0.15, 0.2) is 0 Å². The SMILES string of the molecule is c1ccc(CC(Cc2ccccc2)c2cccs2)cc1. The maximum absolute atomic E-state index is 2.27. The Labute approximate surface area is 124 Å². The van der Waals surface area contributed by atoms with Crippen molar-refractivity contribution in [3.8, 4) is 0 Å². The lowest BCUT2D eigenvalue weighted by Crippen LogP contribution is -2.05. The normalized spacial score (nSPS) is 10.8. The number of rotatable bonds is 5. The molecule has 0 nitrogen and oxygen atoms in total. The van der Waals surface area contributed by atoms with Crippen LogP contribution >= 0.6 is 11.3 Å². The van der Waals surface area contributed by atoms with Crippen molar-refractivity contribution in [1.82, 2.24) is 0 Å². The van der Waals surface area contributed by atoms with Crippen molar-refractivity contribution in [3.63, 3.8) is 0 Å². The molecule has 20 heavy (non-hydrogen) atoms. The molecule has 1 heterocycles. The molecule has 0 bridgehead atoms. The Hall–Kier alpha value is -1.86. The summed E-state index contributed by atoms with van der Waals surface area (Å²) < 4.78 is 0. The van der Waals surface area contributed by atoms with Crippen LogP contribution < -0.4 is 0 Å². The van der Waals surface area contributed by atoms with Gasteiger partial charge in [0.25, 0.3) is 0 Å². The summed E-state index contributed by atoms with van der Waals surface area (Å²) in [6.07, 6.45) is 2.21. The molecule has 0 aliphatic heterocycles. The van der Waals surface area contributed by atoms with Crippen molar-refractivity contribution in [3.05, 3.63) is 94.2 Å². The minimum absolute atomic E-state index is 0.569. The van der Waals surface area contributed by atoms with E-state index in [2.05, 4.69) is 78.2 Å². The molecule has 2 aromatic carbocycles. The van der Waals surface area contributed by atoms with Crippen LogP contribution in [0.1, 0.15) is 21.9 Å². The van der Waals surface area contributed by atoms with E-state index in [1.807, 2.05) is 11.3 Å². The van der Waals surface area contributed by atoms with Crippen molar-refractivity contribution in [1.29, 1.82) is 0 Å². The van der Waals surface area contributed by atoms with E-state index in [0.717, 1.165) is 12.8 Å². The van der Waals surface area contributed by atoms with Gasteiger partial charge < -0.3 is 0 Å². The van der Waals surface area contributed by atoms with E-state index in [0.29, 0.717) is 5.92 Å². The third-order valence-corrected chi connectivity index (χ3v) is 4.63. The Kier molecular flexibility index (Phi) is 4.29. The Morgan fingerprint density at radius 3 is 1.65 bits per heavy atom. The highest BCUT2D eigenvalue weighted by Gasteiger charge is 2.14. The maximum Gasteiger partial charge on any atom is 0.00828 e. The van der Waals surface area contributed by atoms with Crippen molar-refractivity contribution in [2.45, 2.75) is 18.8 Å². The molecule has 1 aromatic heterocycles. The Morgan fingerprint density at radius 1 is 0.650 bits per heavy atom. The second-order valence-corrected chi connectivity index (χ2v) is 6.07. The van der Waals surface area contributed by atoms with Gasteiger partial charge in [-0.1, -0.05) is 66.7 Å². The molecule has 0 fully saturated rings. The van der Waals surface area contributed by atoms with Gasteiger partial charge in [0, 0.05) is 10.8 Å². The molecule has 0 aliphatic carbocycles. The minimum atomic E-state index is 0.569. The van der Waals surface area contributed by atoms with E-state index in [1.165, 1.54) is 16.0 Å². The number of thiophene rings is 1. The maximum atomic E-state index is 2.27. The lowest BCUT2D eigenvalue weighted by Gasteiger charge is -2.16. The zero-order valence-corrected chi connectivity index (χ0v) is 12.2. The number of hydrogen-bond donors (Lipinski definition) is 0. The van der Waals surface area contributed by atoms with Gasteiger partial charge >= 0.3 is 0 Å². The molecule has 0 N–H and O–H groups in total. The molecule has 0 spiro atoms. The largest absolute Gasteiger partial charge is 0.149 e. The first-order valence-corrected chi connectivity index (χ1v) is 7.91. The Morgan fingerprint density at radius 2 is 1.20 bits per heavy atom. The van der Waals surface area contributed by atoms with E-state index in [1.54, 1.807) is 0 Å². The van der Waals surface area contributed by atoms with Crippen molar-refractivity contribution in [2.24, 2.45) is 0 Å². The first kappa shape index (κ1) is 13.1. The third-order valence-electron chi connectivity index (χ3n) is 3.60. The number of hydrogen-bond acceptors (Lipinski definition) is 1. The highest BCUT2D eigenvalue weighted by Crippen LogP contribution is 2.28. The van der Waals surface area contributed by atoms with E-state index in [-0.39, 0.29) is 0 Å². The Bertz CT molecular complexity index is 570. The molecule has 0 atom stereocenters. The Balaban J connectivity index is 1.81. The van der Waals surface area contributed by atoms with Crippen LogP contribution in [0.3, 0.4) is 0 Å².